The number of hydroxylamine groups is 1. The van der Waals surface area contributed by atoms with Gasteiger partial charge in [-0.25, -0.2) is 0 Å². The van der Waals surface area contributed by atoms with Crippen LogP contribution in [0, 0.1) is 0 Å². The summed E-state index contributed by atoms with van der Waals surface area (Å²) < 4.78 is 10.0. The zero-order chi connectivity index (χ0) is 13.7. The lowest BCUT2D eigenvalue weighted by Crippen LogP contribution is -2.24. The quantitative estimate of drug-likeness (QED) is 0.521. The van der Waals surface area contributed by atoms with Gasteiger partial charge in [0.05, 0.1) is 19.1 Å². The number of hydrogen-bond donors (Lipinski definition) is 1. The molecule has 0 saturated carbocycles. The molecule has 1 N–H and O–H groups in total. The second-order valence-corrected chi connectivity index (χ2v) is 3.70. The zero-order valence-corrected chi connectivity index (χ0v) is 10.3. The largest absolute Gasteiger partial charge is 0.497 e. The van der Waals surface area contributed by atoms with Gasteiger partial charge in [0.2, 0.25) is 0 Å². The Balaban J connectivity index is 2.05. The lowest BCUT2D eigenvalue weighted by Gasteiger charge is -2.12. The molecule has 5 heteroatoms. The van der Waals surface area contributed by atoms with Crippen LogP contribution in [0.1, 0.15) is 5.76 Å². The van der Waals surface area contributed by atoms with Crippen molar-refractivity contribution in [1.82, 2.24) is 0 Å². The van der Waals surface area contributed by atoms with Gasteiger partial charge in [-0.3, -0.25) is 10.0 Å². The maximum Gasteiger partial charge on any atom is 0.274 e. The molecule has 0 radical (unpaired) electrons. The highest BCUT2D eigenvalue weighted by atomic mass is 16.5. The van der Waals surface area contributed by atoms with Crippen molar-refractivity contribution in [3.05, 3.63) is 54.5 Å². The Labute approximate surface area is 110 Å². The molecule has 1 aromatic heterocycles. The second kappa shape index (κ2) is 5.88. The minimum atomic E-state index is -0.568. The topological polar surface area (TPSA) is 62.9 Å². The fourth-order valence-corrected chi connectivity index (χ4v) is 1.46. The number of nitrogens with zero attached hydrogens (tertiary/aromatic N) is 1. The van der Waals surface area contributed by atoms with E-state index in [0.29, 0.717) is 22.3 Å². The minimum absolute atomic E-state index is 0.356. The van der Waals surface area contributed by atoms with Crippen LogP contribution in [-0.4, -0.2) is 18.2 Å². The molecule has 0 fully saturated rings. The molecule has 2 rings (SSSR count). The maximum absolute atomic E-state index is 11.7. The van der Waals surface area contributed by atoms with Crippen molar-refractivity contribution in [2.75, 3.05) is 12.2 Å². The molecule has 0 spiro atoms. The van der Waals surface area contributed by atoms with E-state index in [1.807, 2.05) is 0 Å². The number of methoxy groups -OCH3 is 1. The molecule has 0 atom stereocenters. The van der Waals surface area contributed by atoms with Gasteiger partial charge in [0.1, 0.15) is 11.5 Å². The summed E-state index contributed by atoms with van der Waals surface area (Å²) in [6.07, 6.45) is 4.21. The van der Waals surface area contributed by atoms with Gasteiger partial charge in [-0.15, -0.1) is 0 Å². The molecule has 0 saturated heterocycles. The lowest BCUT2D eigenvalue weighted by molar-refractivity contribution is -0.118. The average molecular weight is 259 g/mol. The number of hydrogen-bond acceptors (Lipinski definition) is 4. The van der Waals surface area contributed by atoms with Crippen molar-refractivity contribution < 1.29 is 19.2 Å². The van der Waals surface area contributed by atoms with E-state index in [1.165, 1.54) is 18.4 Å². The Morgan fingerprint density at radius 1 is 1.32 bits per heavy atom. The van der Waals surface area contributed by atoms with Gasteiger partial charge in [-0.1, -0.05) is 0 Å². The van der Waals surface area contributed by atoms with E-state index in [4.69, 9.17) is 9.15 Å². The number of carbonyl (C=O) groups is 1. The number of benzene rings is 1. The van der Waals surface area contributed by atoms with Gasteiger partial charge in [0.15, 0.2) is 0 Å². The Kier molecular flexibility index (Phi) is 4.00. The predicted molar refractivity (Wildman–Crippen MR) is 70.0 cm³/mol. The number of rotatable bonds is 4. The standard InChI is InChI=1S/C14H13NO4/c1-18-12-6-4-11(5-7-12)15(17)14(16)9-8-13-3-2-10-19-13/h2-10,17H,1H3. The van der Waals surface area contributed by atoms with E-state index >= 15 is 0 Å². The first kappa shape index (κ1) is 12.9. The van der Waals surface area contributed by atoms with Crippen molar-refractivity contribution in [3.63, 3.8) is 0 Å². The van der Waals surface area contributed by atoms with Crippen LogP contribution in [0.2, 0.25) is 0 Å². The predicted octanol–water partition coefficient (Wildman–Crippen LogP) is 2.72. The third-order valence-corrected chi connectivity index (χ3v) is 2.46. The van der Waals surface area contributed by atoms with Crippen LogP contribution in [0.15, 0.2) is 53.2 Å². The summed E-state index contributed by atoms with van der Waals surface area (Å²) in [5, 5.41) is 10.3. The fourth-order valence-electron chi connectivity index (χ4n) is 1.46. The van der Waals surface area contributed by atoms with Gasteiger partial charge < -0.3 is 9.15 Å². The Bertz CT molecular complexity index is 558. The molecule has 0 aliphatic rings. The molecule has 5 nitrogen and oxygen atoms in total. The van der Waals surface area contributed by atoms with Crippen molar-refractivity contribution in [1.29, 1.82) is 0 Å². The van der Waals surface area contributed by atoms with Crippen LogP contribution in [0.25, 0.3) is 6.08 Å². The maximum atomic E-state index is 11.7. The summed E-state index contributed by atoms with van der Waals surface area (Å²) in [5.74, 6) is 0.619. The first-order chi connectivity index (χ1) is 9.20. The highest BCUT2D eigenvalue weighted by molar-refractivity contribution is 6.01. The summed E-state index contributed by atoms with van der Waals surface area (Å²) in [4.78, 5) is 11.7. The third-order valence-electron chi connectivity index (χ3n) is 2.46. The summed E-state index contributed by atoms with van der Waals surface area (Å²) in [5.41, 5.74) is 0.356. The summed E-state index contributed by atoms with van der Waals surface area (Å²) >= 11 is 0. The molecule has 1 amide bonds. The summed E-state index contributed by atoms with van der Waals surface area (Å²) in [6.45, 7) is 0. The normalized spacial score (nSPS) is 10.6. The molecule has 0 bridgehead atoms. The van der Waals surface area contributed by atoms with E-state index in [0.717, 1.165) is 0 Å². The molecular weight excluding hydrogens is 246 g/mol. The molecular formula is C14H13NO4. The molecule has 1 aromatic carbocycles. The number of carbonyl (C=O) groups excluding carboxylic acids is 1. The Morgan fingerprint density at radius 2 is 2.05 bits per heavy atom. The second-order valence-electron chi connectivity index (χ2n) is 3.70. The van der Waals surface area contributed by atoms with Crippen LogP contribution in [0.3, 0.4) is 0 Å². The summed E-state index contributed by atoms with van der Waals surface area (Å²) in [7, 11) is 1.54. The molecule has 1 heterocycles. The monoisotopic (exact) mass is 259 g/mol. The SMILES string of the molecule is COc1ccc(N(O)C(=O)C=Cc2ccco2)cc1. The molecule has 2 aromatic rings. The van der Waals surface area contributed by atoms with Gasteiger partial charge in [0.25, 0.3) is 5.91 Å². The Morgan fingerprint density at radius 3 is 2.63 bits per heavy atom. The minimum Gasteiger partial charge on any atom is -0.497 e. The zero-order valence-electron chi connectivity index (χ0n) is 10.3. The molecule has 0 unspecified atom stereocenters. The average Bonchev–Trinajstić information content (AvgIpc) is 2.97. The number of furan rings is 1. The van der Waals surface area contributed by atoms with Crippen LogP contribution < -0.4 is 9.80 Å². The molecule has 19 heavy (non-hydrogen) atoms. The van der Waals surface area contributed by atoms with Crippen molar-refractivity contribution >= 4 is 17.7 Å². The highest BCUT2D eigenvalue weighted by Gasteiger charge is 2.10. The fraction of sp³-hybridized carbons (Fsp3) is 0.0714. The molecule has 98 valence electrons. The van der Waals surface area contributed by atoms with Crippen LogP contribution in [0.5, 0.6) is 5.75 Å². The number of amides is 1. The van der Waals surface area contributed by atoms with E-state index < -0.39 is 5.91 Å². The van der Waals surface area contributed by atoms with Gasteiger partial charge in [-0.2, -0.15) is 5.06 Å². The summed E-state index contributed by atoms with van der Waals surface area (Å²) in [6, 6.07) is 9.89. The first-order valence-electron chi connectivity index (χ1n) is 5.59. The smallest absolute Gasteiger partial charge is 0.274 e. The van der Waals surface area contributed by atoms with E-state index in [9.17, 15) is 10.0 Å². The number of ether oxygens (including phenoxy) is 1. The van der Waals surface area contributed by atoms with Gasteiger partial charge in [-0.05, 0) is 42.5 Å². The van der Waals surface area contributed by atoms with Crippen LogP contribution in [0.4, 0.5) is 5.69 Å². The van der Waals surface area contributed by atoms with Crippen molar-refractivity contribution in [3.8, 4) is 5.75 Å². The van der Waals surface area contributed by atoms with Crippen molar-refractivity contribution in [2.45, 2.75) is 0 Å². The van der Waals surface area contributed by atoms with Crippen molar-refractivity contribution in [2.24, 2.45) is 0 Å². The van der Waals surface area contributed by atoms with E-state index in [1.54, 1.807) is 43.5 Å². The van der Waals surface area contributed by atoms with Crippen LogP contribution in [-0.2, 0) is 4.79 Å². The van der Waals surface area contributed by atoms with Crippen LogP contribution >= 0.6 is 0 Å². The van der Waals surface area contributed by atoms with E-state index in [-0.39, 0.29) is 0 Å². The van der Waals surface area contributed by atoms with E-state index in [2.05, 4.69) is 0 Å². The first-order valence-corrected chi connectivity index (χ1v) is 5.59. The number of anilines is 1. The molecule has 0 aliphatic carbocycles. The van der Waals surface area contributed by atoms with Gasteiger partial charge in [0, 0.05) is 6.08 Å². The van der Waals surface area contributed by atoms with Gasteiger partial charge >= 0.3 is 0 Å². The third kappa shape index (κ3) is 3.23. The highest BCUT2D eigenvalue weighted by Crippen LogP contribution is 2.18. The molecule has 0 aliphatic heterocycles. The lowest BCUT2D eigenvalue weighted by atomic mass is 10.3. The Hall–Kier alpha value is -2.53.